The molecule has 3 rings (SSSR count). The highest BCUT2D eigenvalue weighted by molar-refractivity contribution is 6.01. The number of anilines is 1. The lowest BCUT2D eigenvalue weighted by atomic mass is 10.1. The normalized spacial score (nSPS) is 20.6. The van der Waals surface area contributed by atoms with E-state index in [0.29, 0.717) is 6.54 Å². The highest BCUT2D eigenvalue weighted by Gasteiger charge is 2.38. The van der Waals surface area contributed by atoms with Crippen molar-refractivity contribution in [3.05, 3.63) is 29.8 Å². The monoisotopic (exact) mass is 373 g/mol. The summed E-state index contributed by atoms with van der Waals surface area (Å²) in [6.45, 7) is 4.34. The smallest absolute Gasteiger partial charge is 0.324 e. The Bertz CT molecular complexity index is 761. The van der Waals surface area contributed by atoms with E-state index in [2.05, 4.69) is 12.2 Å². The molecule has 8 nitrogen and oxygen atoms in total. The molecule has 27 heavy (non-hydrogen) atoms. The maximum atomic E-state index is 12.4. The van der Waals surface area contributed by atoms with Crippen LogP contribution < -0.4 is 10.2 Å². The maximum Gasteiger partial charge on any atom is 0.324 e. The third-order valence-electron chi connectivity index (χ3n) is 4.88. The van der Waals surface area contributed by atoms with Crippen LogP contribution in [0.4, 0.5) is 10.5 Å². The lowest BCUT2D eigenvalue weighted by Gasteiger charge is -2.20. The molecule has 2 atom stereocenters. The van der Waals surface area contributed by atoms with Gasteiger partial charge in [0.05, 0.1) is 5.92 Å². The number of urea groups is 1. The SMILES string of the molecule is CCc1ccc(N2C[C@@H](C(=O)O[C@@H](C)C(=O)N3CCNC3=O)CC2=O)cc1. The van der Waals surface area contributed by atoms with Crippen LogP contribution in [0.1, 0.15) is 25.8 Å². The number of esters is 1. The Morgan fingerprint density at radius 2 is 1.96 bits per heavy atom. The minimum Gasteiger partial charge on any atom is -0.452 e. The van der Waals surface area contributed by atoms with E-state index in [1.165, 1.54) is 12.5 Å². The highest BCUT2D eigenvalue weighted by Crippen LogP contribution is 2.26. The number of nitrogens with zero attached hydrogens (tertiary/aromatic N) is 2. The van der Waals surface area contributed by atoms with Gasteiger partial charge in [0.15, 0.2) is 6.10 Å². The van der Waals surface area contributed by atoms with Gasteiger partial charge in [-0.25, -0.2) is 4.79 Å². The Hall–Kier alpha value is -2.90. The van der Waals surface area contributed by atoms with Crippen LogP contribution in [0.25, 0.3) is 0 Å². The summed E-state index contributed by atoms with van der Waals surface area (Å²) in [5, 5.41) is 2.53. The van der Waals surface area contributed by atoms with Crippen molar-refractivity contribution < 1.29 is 23.9 Å². The van der Waals surface area contributed by atoms with Crippen molar-refractivity contribution in [1.29, 1.82) is 0 Å². The summed E-state index contributed by atoms with van der Waals surface area (Å²) >= 11 is 0. The van der Waals surface area contributed by atoms with E-state index in [4.69, 9.17) is 4.74 Å². The number of hydrogen-bond acceptors (Lipinski definition) is 5. The molecule has 1 aromatic carbocycles. The van der Waals surface area contributed by atoms with E-state index in [9.17, 15) is 19.2 Å². The largest absolute Gasteiger partial charge is 0.452 e. The predicted octanol–water partition coefficient (Wildman–Crippen LogP) is 1.09. The molecule has 4 amide bonds. The number of nitrogens with one attached hydrogen (secondary N) is 1. The van der Waals surface area contributed by atoms with Gasteiger partial charge in [-0.3, -0.25) is 19.3 Å². The molecule has 2 saturated heterocycles. The number of benzene rings is 1. The van der Waals surface area contributed by atoms with Crippen molar-refractivity contribution in [3.63, 3.8) is 0 Å². The van der Waals surface area contributed by atoms with Gasteiger partial charge in [-0.15, -0.1) is 0 Å². The molecule has 8 heteroatoms. The van der Waals surface area contributed by atoms with Gasteiger partial charge < -0.3 is 15.0 Å². The number of aryl methyl sites for hydroxylation is 1. The summed E-state index contributed by atoms with van der Waals surface area (Å²) in [7, 11) is 0. The molecule has 2 fully saturated rings. The molecule has 0 saturated carbocycles. The van der Waals surface area contributed by atoms with Crippen molar-refractivity contribution in [3.8, 4) is 0 Å². The van der Waals surface area contributed by atoms with Gasteiger partial charge in [-0.05, 0) is 31.0 Å². The molecule has 0 aliphatic carbocycles. The molecular formula is C19H23N3O5. The second-order valence-electron chi connectivity index (χ2n) is 6.73. The van der Waals surface area contributed by atoms with Crippen molar-refractivity contribution in [2.24, 2.45) is 5.92 Å². The van der Waals surface area contributed by atoms with Gasteiger partial charge in [0.2, 0.25) is 5.91 Å². The first-order valence-corrected chi connectivity index (χ1v) is 9.09. The molecule has 1 N–H and O–H groups in total. The number of carbonyl (C=O) groups excluding carboxylic acids is 4. The topological polar surface area (TPSA) is 96.0 Å². The van der Waals surface area contributed by atoms with Crippen LogP contribution >= 0.6 is 0 Å². The number of hydrogen-bond donors (Lipinski definition) is 1. The summed E-state index contributed by atoms with van der Waals surface area (Å²) in [4.78, 5) is 51.1. The summed E-state index contributed by atoms with van der Waals surface area (Å²) in [6, 6.07) is 7.15. The van der Waals surface area contributed by atoms with Crippen LogP contribution in [0.15, 0.2) is 24.3 Å². The first-order chi connectivity index (χ1) is 12.9. The van der Waals surface area contributed by atoms with E-state index in [-0.39, 0.29) is 25.4 Å². The van der Waals surface area contributed by atoms with Crippen molar-refractivity contribution in [2.75, 3.05) is 24.5 Å². The fourth-order valence-electron chi connectivity index (χ4n) is 3.25. The number of carbonyl (C=O) groups is 4. The molecule has 2 heterocycles. The van der Waals surface area contributed by atoms with E-state index in [1.54, 1.807) is 4.90 Å². The van der Waals surface area contributed by atoms with Crippen LogP contribution in [0, 0.1) is 5.92 Å². The molecule has 144 valence electrons. The Morgan fingerprint density at radius 3 is 2.56 bits per heavy atom. The van der Waals surface area contributed by atoms with E-state index >= 15 is 0 Å². The van der Waals surface area contributed by atoms with Gasteiger partial charge in [0, 0.05) is 31.7 Å². The minimum atomic E-state index is -1.07. The number of imide groups is 1. The first kappa shape index (κ1) is 18.9. The van der Waals surface area contributed by atoms with Gasteiger partial charge >= 0.3 is 12.0 Å². The predicted molar refractivity (Wildman–Crippen MR) is 96.9 cm³/mol. The van der Waals surface area contributed by atoms with Crippen LogP contribution in [0.5, 0.6) is 0 Å². The van der Waals surface area contributed by atoms with E-state index in [1.807, 2.05) is 24.3 Å². The van der Waals surface area contributed by atoms with Gasteiger partial charge in [0.1, 0.15) is 0 Å². The van der Waals surface area contributed by atoms with E-state index < -0.39 is 29.9 Å². The Labute approximate surface area is 157 Å². The average Bonchev–Trinajstić information content (AvgIpc) is 3.26. The summed E-state index contributed by atoms with van der Waals surface area (Å²) in [6.07, 6.45) is -0.127. The number of ether oxygens (including phenoxy) is 1. The minimum absolute atomic E-state index is 0.0411. The molecule has 2 aliphatic heterocycles. The van der Waals surface area contributed by atoms with Crippen molar-refractivity contribution in [2.45, 2.75) is 32.8 Å². The molecular weight excluding hydrogens is 350 g/mol. The maximum absolute atomic E-state index is 12.4. The lowest BCUT2D eigenvalue weighted by molar-refractivity contribution is -0.160. The van der Waals surface area contributed by atoms with Crippen molar-refractivity contribution in [1.82, 2.24) is 10.2 Å². The van der Waals surface area contributed by atoms with Crippen LogP contribution in [-0.2, 0) is 25.5 Å². The summed E-state index contributed by atoms with van der Waals surface area (Å²) in [5.74, 6) is -1.95. The number of amides is 4. The zero-order valence-corrected chi connectivity index (χ0v) is 15.4. The fraction of sp³-hybridized carbons (Fsp3) is 0.474. The zero-order valence-electron chi connectivity index (χ0n) is 15.4. The van der Waals surface area contributed by atoms with E-state index in [0.717, 1.165) is 17.0 Å². The average molecular weight is 373 g/mol. The fourth-order valence-corrected chi connectivity index (χ4v) is 3.25. The van der Waals surface area contributed by atoms with Gasteiger partial charge in [-0.1, -0.05) is 19.1 Å². The molecule has 0 radical (unpaired) electrons. The summed E-state index contributed by atoms with van der Waals surface area (Å²) in [5.41, 5.74) is 1.91. The quantitative estimate of drug-likeness (QED) is 0.780. The molecule has 1 aromatic rings. The Morgan fingerprint density at radius 1 is 1.26 bits per heavy atom. The standard InChI is InChI=1S/C19H23N3O5/c1-3-13-4-6-15(7-5-13)22-11-14(10-16(22)23)18(25)27-12(2)17(24)21-9-8-20-19(21)26/h4-7,12,14H,3,8-11H2,1-2H3,(H,20,26)/t12-,14-/m0/s1. The third-order valence-corrected chi connectivity index (χ3v) is 4.88. The molecule has 0 bridgehead atoms. The Kier molecular flexibility index (Phi) is 5.43. The van der Waals surface area contributed by atoms with Crippen molar-refractivity contribution >= 4 is 29.5 Å². The van der Waals surface area contributed by atoms with Crippen LogP contribution in [-0.4, -0.2) is 54.5 Å². The zero-order chi connectivity index (χ0) is 19.6. The molecule has 2 aliphatic rings. The second-order valence-corrected chi connectivity index (χ2v) is 6.73. The first-order valence-electron chi connectivity index (χ1n) is 9.09. The third kappa shape index (κ3) is 3.94. The molecule has 0 spiro atoms. The van der Waals surface area contributed by atoms with Gasteiger partial charge in [0.25, 0.3) is 5.91 Å². The second kappa shape index (κ2) is 7.77. The number of rotatable bonds is 5. The lowest BCUT2D eigenvalue weighted by Crippen LogP contribution is -2.42. The van der Waals surface area contributed by atoms with Gasteiger partial charge in [-0.2, -0.15) is 0 Å². The van der Waals surface area contributed by atoms with Crippen LogP contribution in [0.3, 0.4) is 0 Å². The summed E-state index contributed by atoms with van der Waals surface area (Å²) < 4.78 is 5.24. The molecule has 0 unspecified atom stereocenters. The Balaban J connectivity index is 1.59. The van der Waals surface area contributed by atoms with Crippen LogP contribution in [0.2, 0.25) is 0 Å². The highest BCUT2D eigenvalue weighted by atomic mass is 16.5. The molecule has 0 aromatic heterocycles.